The lowest BCUT2D eigenvalue weighted by atomic mass is 9.90. The highest BCUT2D eigenvalue weighted by Crippen LogP contribution is 2.67. The van der Waals surface area contributed by atoms with Crippen molar-refractivity contribution in [2.24, 2.45) is 17.3 Å². The molecule has 64 valence electrons. The van der Waals surface area contributed by atoms with Crippen LogP contribution < -0.4 is 0 Å². The second kappa shape index (κ2) is 1.99. The maximum atomic E-state index is 4.68. The summed E-state index contributed by atoms with van der Waals surface area (Å²) in [6.07, 6.45) is 4.08. The van der Waals surface area contributed by atoms with E-state index in [1.807, 2.05) is 0 Å². The van der Waals surface area contributed by atoms with Gasteiger partial charge >= 0.3 is 0 Å². The average Bonchev–Trinajstić information content (AvgIpc) is 2.32. The topological polar surface area (TPSA) is 0 Å². The minimum atomic E-state index is 0.342. The number of hydrogen-bond acceptors (Lipinski definition) is 1. The molecule has 0 spiro atoms. The minimum absolute atomic E-state index is 0.342. The molecule has 2 rings (SSSR count). The van der Waals surface area contributed by atoms with Crippen LogP contribution in [0.15, 0.2) is 0 Å². The van der Waals surface area contributed by atoms with Gasteiger partial charge in [-0.25, -0.2) is 0 Å². The number of hydrogen-bond donors (Lipinski definition) is 1. The molecule has 2 saturated carbocycles. The first-order valence-corrected chi connectivity index (χ1v) is 5.11. The van der Waals surface area contributed by atoms with Gasteiger partial charge in [0.15, 0.2) is 0 Å². The van der Waals surface area contributed by atoms with Crippen molar-refractivity contribution in [2.45, 2.75) is 44.8 Å². The zero-order valence-electron chi connectivity index (χ0n) is 7.72. The molecular weight excluding hydrogens is 152 g/mol. The predicted octanol–water partition coefficient (Wildman–Crippen LogP) is 3.13. The molecule has 0 aliphatic heterocycles. The van der Waals surface area contributed by atoms with Gasteiger partial charge in [-0.2, -0.15) is 12.6 Å². The lowest BCUT2D eigenvalue weighted by Crippen LogP contribution is -2.21. The Balaban J connectivity index is 2.08. The summed E-state index contributed by atoms with van der Waals surface area (Å²) < 4.78 is 0.342. The van der Waals surface area contributed by atoms with Gasteiger partial charge in [0.05, 0.1) is 0 Å². The Morgan fingerprint density at radius 2 is 1.82 bits per heavy atom. The van der Waals surface area contributed by atoms with E-state index >= 15 is 0 Å². The Hall–Kier alpha value is 0.350. The van der Waals surface area contributed by atoms with E-state index in [-0.39, 0.29) is 0 Å². The third-order valence-electron chi connectivity index (χ3n) is 3.94. The molecule has 0 N–H and O–H groups in total. The van der Waals surface area contributed by atoms with Crippen molar-refractivity contribution in [1.82, 2.24) is 0 Å². The Kier molecular flexibility index (Phi) is 1.44. The lowest BCUT2D eigenvalue weighted by Gasteiger charge is -2.27. The summed E-state index contributed by atoms with van der Waals surface area (Å²) in [7, 11) is 0. The molecule has 0 bridgehead atoms. The van der Waals surface area contributed by atoms with Crippen LogP contribution in [0.1, 0.15) is 40.0 Å². The van der Waals surface area contributed by atoms with Crippen molar-refractivity contribution in [3.8, 4) is 0 Å². The molecule has 2 aliphatic carbocycles. The van der Waals surface area contributed by atoms with Crippen molar-refractivity contribution >= 4 is 12.6 Å². The number of rotatable bonds is 0. The summed E-state index contributed by atoms with van der Waals surface area (Å²) in [5, 5.41) is 0. The van der Waals surface area contributed by atoms with Gasteiger partial charge in [-0.1, -0.05) is 20.8 Å². The van der Waals surface area contributed by atoms with Crippen molar-refractivity contribution in [3.63, 3.8) is 0 Å². The smallest absolute Gasteiger partial charge is 0.0104 e. The van der Waals surface area contributed by atoms with Crippen LogP contribution in [0.2, 0.25) is 0 Å². The van der Waals surface area contributed by atoms with E-state index in [0.29, 0.717) is 10.2 Å². The fourth-order valence-corrected chi connectivity index (χ4v) is 3.20. The summed E-state index contributed by atoms with van der Waals surface area (Å²) in [5.74, 6) is 2.02. The van der Waals surface area contributed by atoms with Gasteiger partial charge in [0.25, 0.3) is 0 Å². The van der Waals surface area contributed by atoms with Crippen molar-refractivity contribution in [2.75, 3.05) is 0 Å². The summed E-state index contributed by atoms with van der Waals surface area (Å²) in [5.41, 5.74) is 0.653. The molecule has 0 saturated heterocycles. The van der Waals surface area contributed by atoms with Crippen molar-refractivity contribution in [1.29, 1.82) is 0 Å². The fourth-order valence-electron chi connectivity index (χ4n) is 2.88. The first kappa shape index (κ1) is 7.97. The monoisotopic (exact) mass is 170 g/mol. The quantitative estimate of drug-likeness (QED) is 0.531. The standard InChI is InChI=1S/C10H18S/c1-9(2)7-4-5-10(3,11)6-8(7)9/h7-8,11H,4-6H2,1-3H3/t7-,8+,10+/m1/s1. The van der Waals surface area contributed by atoms with Gasteiger partial charge in [-0.3, -0.25) is 0 Å². The largest absolute Gasteiger partial charge is 0.173 e. The molecule has 11 heavy (non-hydrogen) atoms. The molecule has 0 aromatic carbocycles. The molecule has 0 unspecified atom stereocenters. The van der Waals surface area contributed by atoms with E-state index in [1.54, 1.807) is 0 Å². The Morgan fingerprint density at radius 3 is 2.27 bits per heavy atom. The predicted molar refractivity (Wildman–Crippen MR) is 52.0 cm³/mol. The van der Waals surface area contributed by atoms with Gasteiger partial charge in [0.1, 0.15) is 0 Å². The number of thiol groups is 1. The van der Waals surface area contributed by atoms with Crippen LogP contribution in [0, 0.1) is 17.3 Å². The summed E-state index contributed by atoms with van der Waals surface area (Å²) >= 11 is 4.68. The zero-order chi connectivity index (χ0) is 8.28. The van der Waals surface area contributed by atoms with Crippen LogP contribution in [-0.4, -0.2) is 4.75 Å². The maximum absolute atomic E-state index is 4.68. The van der Waals surface area contributed by atoms with Crippen LogP contribution in [0.5, 0.6) is 0 Å². The van der Waals surface area contributed by atoms with Gasteiger partial charge in [0, 0.05) is 4.75 Å². The van der Waals surface area contributed by atoms with Crippen LogP contribution >= 0.6 is 12.6 Å². The van der Waals surface area contributed by atoms with Gasteiger partial charge < -0.3 is 0 Å². The maximum Gasteiger partial charge on any atom is 0.0104 e. The highest BCUT2D eigenvalue weighted by Gasteiger charge is 2.60. The first-order chi connectivity index (χ1) is 4.93. The van der Waals surface area contributed by atoms with Crippen molar-refractivity contribution < 1.29 is 0 Å². The summed E-state index contributed by atoms with van der Waals surface area (Å²) in [6, 6.07) is 0. The van der Waals surface area contributed by atoms with E-state index in [4.69, 9.17) is 0 Å². The second-order valence-corrected chi connectivity index (χ2v) is 6.35. The normalized spacial score (nSPS) is 53.5. The molecule has 0 aromatic rings. The molecule has 0 heterocycles. The third kappa shape index (κ3) is 1.12. The fraction of sp³-hybridized carbons (Fsp3) is 1.00. The zero-order valence-corrected chi connectivity index (χ0v) is 8.62. The highest BCUT2D eigenvalue weighted by atomic mass is 32.1. The first-order valence-electron chi connectivity index (χ1n) is 4.66. The SMILES string of the molecule is CC1(C)[C@@H]2CC[C@](C)(S)C[C@@H]21. The van der Waals surface area contributed by atoms with Gasteiger partial charge in [-0.05, 0) is 36.5 Å². The Morgan fingerprint density at radius 1 is 1.18 bits per heavy atom. The highest BCUT2D eigenvalue weighted by molar-refractivity contribution is 7.81. The average molecular weight is 170 g/mol. The molecule has 2 fully saturated rings. The molecule has 0 nitrogen and oxygen atoms in total. The van der Waals surface area contributed by atoms with E-state index < -0.39 is 0 Å². The molecule has 2 aliphatic rings. The number of fused-ring (bicyclic) bond motifs is 1. The molecular formula is C10H18S. The summed E-state index contributed by atoms with van der Waals surface area (Å²) in [4.78, 5) is 0. The Labute approximate surface area is 75.2 Å². The molecule has 0 aromatic heterocycles. The van der Waals surface area contributed by atoms with E-state index in [0.717, 1.165) is 11.8 Å². The summed E-state index contributed by atoms with van der Waals surface area (Å²) in [6.45, 7) is 7.12. The van der Waals surface area contributed by atoms with E-state index in [2.05, 4.69) is 33.4 Å². The lowest BCUT2D eigenvalue weighted by molar-refractivity contribution is 0.405. The van der Waals surface area contributed by atoms with E-state index in [1.165, 1.54) is 19.3 Å². The molecule has 0 amide bonds. The molecule has 1 heteroatoms. The Bertz CT molecular complexity index is 179. The minimum Gasteiger partial charge on any atom is -0.173 e. The van der Waals surface area contributed by atoms with Gasteiger partial charge in [0.2, 0.25) is 0 Å². The van der Waals surface area contributed by atoms with Crippen LogP contribution in [0.25, 0.3) is 0 Å². The molecule has 0 radical (unpaired) electrons. The van der Waals surface area contributed by atoms with Crippen LogP contribution in [0.3, 0.4) is 0 Å². The van der Waals surface area contributed by atoms with E-state index in [9.17, 15) is 0 Å². The van der Waals surface area contributed by atoms with Gasteiger partial charge in [-0.15, -0.1) is 0 Å². The van der Waals surface area contributed by atoms with Crippen molar-refractivity contribution in [3.05, 3.63) is 0 Å². The van der Waals surface area contributed by atoms with Crippen LogP contribution in [-0.2, 0) is 0 Å². The van der Waals surface area contributed by atoms with Crippen LogP contribution in [0.4, 0.5) is 0 Å². The second-order valence-electron chi connectivity index (χ2n) is 5.27. The molecule has 3 atom stereocenters. The third-order valence-corrected chi connectivity index (χ3v) is 4.35.